The van der Waals surface area contributed by atoms with Crippen LogP contribution >= 0.6 is 11.3 Å². The highest BCUT2D eigenvalue weighted by Gasteiger charge is 2.38. The van der Waals surface area contributed by atoms with Crippen LogP contribution in [0.5, 0.6) is 0 Å². The van der Waals surface area contributed by atoms with Crippen LogP contribution < -0.4 is 0 Å². The smallest absolute Gasteiger partial charge is 0.340 e. The number of hydrogen-bond acceptors (Lipinski definition) is 2. The summed E-state index contributed by atoms with van der Waals surface area (Å²) >= 11 is 0.927. The molecule has 36 heavy (non-hydrogen) atoms. The molecule has 0 fully saturated rings. The third kappa shape index (κ3) is 4.80. The lowest BCUT2D eigenvalue weighted by Crippen LogP contribution is -2.10. The predicted octanol–water partition coefficient (Wildman–Crippen LogP) is 8.65. The fraction of sp³-hybridized carbons (Fsp3) is 0.208. The number of fused-ring (bicyclic) bond motifs is 1. The maximum Gasteiger partial charge on any atom is 0.418 e. The minimum absolute atomic E-state index is 0.0221. The lowest BCUT2D eigenvalue weighted by atomic mass is 10.0. The normalized spacial score (nSPS) is 12.8. The van der Waals surface area contributed by atoms with Crippen molar-refractivity contribution in [3.63, 3.8) is 0 Å². The number of rotatable bonds is 3. The first-order chi connectivity index (χ1) is 16.6. The van der Waals surface area contributed by atoms with Gasteiger partial charge in [-0.05, 0) is 61.0 Å². The van der Waals surface area contributed by atoms with Crippen molar-refractivity contribution in [1.82, 2.24) is 4.57 Å². The van der Waals surface area contributed by atoms with E-state index in [0.717, 1.165) is 17.4 Å². The van der Waals surface area contributed by atoms with Gasteiger partial charge in [0.05, 0.1) is 34.9 Å². The average Bonchev–Trinajstić information content (AvgIpc) is 3.35. The number of hydrogen-bond donors (Lipinski definition) is 0. The molecule has 0 saturated carbocycles. The maximum atomic E-state index is 13.6. The summed E-state index contributed by atoms with van der Waals surface area (Å²) in [5.41, 5.74) is -4.15. The minimum atomic E-state index is -4.99. The van der Waals surface area contributed by atoms with Gasteiger partial charge in [-0.1, -0.05) is 0 Å². The molecule has 0 amide bonds. The Balaban J connectivity index is 1.77. The Morgan fingerprint density at radius 1 is 0.806 bits per heavy atom. The SMILES string of the molecule is Cc1cc2c(C(F)(F)F)c(C#N)ccc2n1Cc1ccc(-c2cc(C(F)(F)F)cc(C(F)(F)F)c2)s1. The van der Waals surface area contributed by atoms with E-state index in [1.807, 2.05) is 0 Å². The number of alkyl halides is 9. The molecular formula is C24H13F9N2S. The van der Waals surface area contributed by atoms with Gasteiger partial charge in [0.1, 0.15) is 0 Å². The topological polar surface area (TPSA) is 28.7 Å². The molecule has 4 rings (SSSR count). The van der Waals surface area contributed by atoms with Gasteiger partial charge >= 0.3 is 18.5 Å². The summed E-state index contributed by atoms with van der Waals surface area (Å²) < 4.78 is 122. The van der Waals surface area contributed by atoms with E-state index in [9.17, 15) is 39.5 Å². The lowest BCUT2D eigenvalue weighted by Gasteiger charge is -2.13. The summed E-state index contributed by atoms with van der Waals surface area (Å²) in [6, 6.07) is 9.40. The predicted molar refractivity (Wildman–Crippen MR) is 115 cm³/mol. The van der Waals surface area contributed by atoms with Gasteiger partial charge in [0.25, 0.3) is 0 Å². The van der Waals surface area contributed by atoms with Gasteiger partial charge in [0.15, 0.2) is 0 Å². The average molecular weight is 532 g/mol. The number of nitrogens with zero attached hydrogens (tertiary/aromatic N) is 2. The van der Waals surface area contributed by atoms with Crippen LogP contribution in [0.25, 0.3) is 21.3 Å². The number of halogens is 9. The molecule has 0 radical (unpaired) electrons. The standard InChI is InChI=1S/C24H13F9N2S/c1-12-6-18-19(4-2-13(10-34)21(18)24(31,32)33)35(12)11-17-3-5-20(36-17)14-7-15(22(25,26)27)9-16(8-14)23(28,29)30/h2-9H,11H2,1H3. The molecule has 0 unspecified atom stereocenters. The molecule has 0 bridgehead atoms. The van der Waals surface area contributed by atoms with Gasteiger partial charge < -0.3 is 4.57 Å². The molecule has 0 N–H and O–H groups in total. The zero-order valence-electron chi connectivity index (χ0n) is 18.0. The van der Waals surface area contributed by atoms with E-state index >= 15 is 0 Å². The Bertz CT molecular complexity index is 1460. The first-order valence-corrected chi connectivity index (χ1v) is 10.9. The molecule has 4 aromatic rings. The Kier molecular flexibility index (Phi) is 6.11. The van der Waals surface area contributed by atoms with Crippen LogP contribution in [0.1, 0.15) is 32.8 Å². The second-order valence-electron chi connectivity index (χ2n) is 7.96. The molecule has 2 nitrogen and oxygen atoms in total. The van der Waals surface area contributed by atoms with Crippen molar-refractivity contribution >= 4 is 22.2 Å². The van der Waals surface area contributed by atoms with Crippen LogP contribution in [0.4, 0.5) is 39.5 Å². The molecule has 2 heterocycles. The Morgan fingerprint density at radius 3 is 1.94 bits per heavy atom. The van der Waals surface area contributed by atoms with Gasteiger partial charge in [-0.3, -0.25) is 0 Å². The van der Waals surface area contributed by atoms with Crippen LogP contribution in [-0.2, 0) is 25.1 Å². The van der Waals surface area contributed by atoms with E-state index in [4.69, 9.17) is 5.26 Å². The molecule has 2 aromatic heterocycles. The molecule has 0 saturated heterocycles. The summed E-state index contributed by atoms with van der Waals surface area (Å²) in [5, 5.41) is 8.93. The summed E-state index contributed by atoms with van der Waals surface area (Å²) in [6.07, 6.45) is -14.8. The van der Waals surface area contributed by atoms with E-state index in [1.165, 1.54) is 34.9 Å². The van der Waals surface area contributed by atoms with Gasteiger partial charge in [-0.25, -0.2) is 0 Å². The summed E-state index contributed by atoms with van der Waals surface area (Å²) in [7, 11) is 0. The number of benzene rings is 2. The Labute approximate surface area is 201 Å². The van der Waals surface area contributed by atoms with E-state index < -0.39 is 40.8 Å². The van der Waals surface area contributed by atoms with Crippen molar-refractivity contribution in [1.29, 1.82) is 5.26 Å². The molecule has 0 aliphatic carbocycles. The molecule has 0 aliphatic heterocycles. The van der Waals surface area contributed by atoms with E-state index in [0.29, 0.717) is 22.7 Å². The maximum absolute atomic E-state index is 13.6. The van der Waals surface area contributed by atoms with E-state index in [-0.39, 0.29) is 34.0 Å². The van der Waals surface area contributed by atoms with Gasteiger partial charge in [0.2, 0.25) is 0 Å². The quantitative estimate of drug-likeness (QED) is 0.243. The van der Waals surface area contributed by atoms with Crippen molar-refractivity contribution in [3.05, 3.63) is 81.4 Å². The van der Waals surface area contributed by atoms with Crippen molar-refractivity contribution in [2.24, 2.45) is 0 Å². The van der Waals surface area contributed by atoms with E-state index in [1.54, 1.807) is 6.92 Å². The third-order valence-electron chi connectivity index (χ3n) is 5.54. The highest BCUT2D eigenvalue weighted by atomic mass is 32.1. The zero-order valence-corrected chi connectivity index (χ0v) is 18.8. The van der Waals surface area contributed by atoms with Crippen LogP contribution in [0.3, 0.4) is 0 Å². The van der Waals surface area contributed by atoms with Crippen LogP contribution in [0.2, 0.25) is 0 Å². The van der Waals surface area contributed by atoms with Crippen LogP contribution in [0.15, 0.2) is 48.5 Å². The number of aromatic nitrogens is 1. The molecule has 188 valence electrons. The number of thiophene rings is 1. The number of nitriles is 1. The van der Waals surface area contributed by atoms with Crippen molar-refractivity contribution < 1.29 is 39.5 Å². The van der Waals surface area contributed by atoms with Crippen molar-refractivity contribution in [2.45, 2.75) is 32.0 Å². The van der Waals surface area contributed by atoms with Gasteiger partial charge in [0, 0.05) is 26.4 Å². The molecule has 0 aliphatic rings. The fourth-order valence-electron chi connectivity index (χ4n) is 3.95. The summed E-state index contributed by atoms with van der Waals surface area (Å²) in [6.45, 7) is 1.58. The molecule has 0 atom stereocenters. The van der Waals surface area contributed by atoms with E-state index in [2.05, 4.69) is 0 Å². The van der Waals surface area contributed by atoms with Crippen LogP contribution in [0, 0.1) is 18.3 Å². The second-order valence-corrected chi connectivity index (χ2v) is 9.13. The Hall–Kier alpha value is -3.46. The first kappa shape index (κ1) is 25.6. The second kappa shape index (κ2) is 8.58. The summed E-state index contributed by atoms with van der Waals surface area (Å²) in [5.74, 6) is 0. The molecule has 0 spiro atoms. The summed E-state index contributed by atoms with van der Waals surface area (Å²) in [4.78, 5) is 0.632. The largest absolute Gasteiger partial charge is 0.418 e. The van der Waals surface area contributed by atoms with Gasteiger partial charge in [-0.2, -0.15) is 44.8 Å². The molecule has 2 aromatic carbocycles. The fourth-order valence-corrected chi connectivity index (χ4v) is 4.93. The van der Waals surface area contributed by atoms with Crippen molar-refractivity contribution in [3.8, 4) is 16.5 Å². The Morgan fingerprint density at radius 2 is 1.42 bits per heavy atom. The molecular weight excluding hydrogens is 519 g/mol. The highest BCUT2D eigenvalue weighted by Crippen LogP contribution is 2.41. The lowest BCUT2D eigenvalue weighted by molar-refractivity contribution is -0.143. The third-order valence-corrected chi connectivity index (χ3v) is 6.66. The van der Waals surface area contributed by atoms with Crippen LogP contribution in [-0.4, -0.2) is 4.57 Å². The number of aryl methyl sites for hydroxylation is 1. The minimum Gasteiger partial charge on any atom is -0.340 e. The highest BCUT2D eigenvalue weighted by molar-refractivity contribution is 7.15. The monoisotopic (exact) mass is 532 g/mol. The first-order valence-electron chi connectivity index (χ1n) is 10.1. The van der Waals surface area contributed by atoms with Crippen molar-refractivity contribution in [2.75, 3.05) is 0 Å². The van der Waals surface area contributed by atoms with Gasteiger partial charge in [-0.15, -0.1) is 11.3 Å². The zero-order chi connectivity index (χ0) is 26.6. The molecule has 12 heteroatoms.